The van der Waals surface area contributed by atoms with Crippen LogP contribution in [0.1, 0.15) is 41.2 Å². The van der Waals surface area contributed by atoms with Gasteiger partial charge in [0.1, 0.15) is 5.03 Å². The average Bonchev–Trinajstić information content (AvgIpc) is 2.75. The number of likely N-dealkylation sites (tertiary alicyclic amines) is 1. The summed E-state index contributed by atoms with van der Waals surface area (Å²) in [6.07, 6.45) is 5.13. The van der Waals surface area contributed by atoms with E-state index in [9.17, 15) is 4.79 Å². The van der Waals surface area contributed by atoms with E-state index in [-0.39, 0.29) is 11.9 Å². The van der Waals surface area contributed by atoms with E-state index < -0.39 is 0 Å². The number of carbonyl (C=O) groups excluding carboxylic acids is 1. The molecule has 1 atom stereocenters. The average molecular weight is 375 g/mol. The van der Waals surface area contributed by atoms with Crippen LogP contribution in [0.15, 0.2) is 88.9 Å². The van der Waals surface area contributed by atoms with E-state index in [1.807, 2.05) is 59.6 Å². The minimum Gasteiger partial charge on any atom is -0.332 e. The summed E-state index contributed by atoms with van der Waals surface area (Å²) in [5.41, 5.74) is 1.88. The van der Waals surface area contributed by atoms with Crippen LogP contribution in [0.2, 0.25) is 0 Å². The molecule has 3 aromatic rings. The fourth-order valence-corrected chi connectivity index (χ4v) is 4.30. The molecule has 1 amide bonds. The van der Waals surface area contributed by atoms with Crippen molar-refractivity contribution in [3.05, 3.63) is 90.1 Å². The van der Waals surface area contributed by atoms with E-state index >= 15 is 0 Å². The highest BCUT2D eigenvalue weighted by atomic mass is 32.2. The highest BCUT2D eigenvalue weighted by Crippen LogP contribution is 2.33. The van der Waals surface area contributed by atoms with Crippen LogP contribution in [0.4, 0.5) is 0 Å². The maximum absolute atomic E-state index is 13.0. The molecule has 0 spiro atoms. The molecule has 1 unspecified atom stereocenters. The van der Waals surface area contributed by atoms with Gasteiger partial charge in [0.25, 0.3) is 5.91 Å². The Morgan fingerprint density at radius 3 is 2.37 bits per heavy atom. The van der Waals surface area contributed by atoms with Crippen molar-refractivity contribution in [2.75, 3.05) is 6.54 Å². The number of amides is 1. The van der Waals surface area contributed by atoms with Crippen LogP contribution in [0.5, 0.6) is 0 Å². The summed E-state index contributed by atoms with van der Waals surface area (Å²) in [5, 5.41) is 0.974. The van der Waals surface area contributed by atoms with Crippen LogP contribution in [0.3, 0.4) is 0 Å². The molecule has 2 aromatic carbocycles. The molecule has 27 heavy (non-hydrogen) atoms. The Kier molecular flexibility index (Phi) is 5.54. The lowest BCUT2D eigenvalue weighted by Gasteiger charge is -2.36. The topological polar surface area (TPSA) is 33.2 Å². The number of hydrogen-bond acceptors (Lipinski definition) is 3. The van der Waals surface area contributed by atoms with E-state index in [0.29, 0.717) is 0 Å². The predicted octanol–water partition coefficient (Wildman–Crippen LogP) is 5.60. The Bertz CT molecular complexity index is 881. The van der Waals surface area contributed by atoms with E-state index in [1.165, 1.54) is 4.90 Å². The number of hydrogen-bond donors (Lipinski definition) is 0. The molecule has 1 fully saturated rings. The van der Waals surface area contributed by atoms with Gasteiger partial charge in [0.05, 0.1) is 6.04 Å². The van der Waals surface area contributed by atoms with Crippen molar-refractivity contribution >= 4 is 17.7 Å². The standard InChI is InChI=1S/C23H22N2OS/c26-23(18-9-3-1-4-10-18)25-16-8-7-13-21(25)19-14-15-22(24-17-19)27-20-11-5-2-6-12-20/h1-6,9-12,14-15,17,21H,7-8,13,16H2. The molecule has 2 heterocycles. The Morgan fingerprint density at radius 2 is 1.67 bits per heavy atom. The van der Waals surface area contributed by atoms with Crippen LogP contribution < -0.4 is 0 Å². The Balaban J connectivity index is 1.52. The van der Waals surface area contributed by atoms with Gasteiger partial charge in [-0.25, -0.2) is 4.98 Å². The van der Waals surface area contributed by atoms with Gasteiger partial charge in [-0.05, 0) is 55.2 Å². The lowest BCUT2D eigenvalue weighted by molar-refractivity contribution is 0.0611. The molecule has 1 aliphatic heterocycles. The lowest BCUT2D eigenvalue weighted by atomic mass is 9.95. The molecule has 136 valence electrons. The number of aromatic nitrogens is 1. The number of piperidine rings is 1. The Morgan fingerprint density at radius 1 is 0.926 bits per heavy atom. The minimum atomic E-state index is 0.106. The molecule has 4 rings (SSSR count). The zero-order chi connectivity index (χ0) is 18.5. The first kappa shape index (κ1) is 17.8. The van der Waals surface area contributed by atoms with Crippen LogP contribution in [0.25, 0.3) is 0 Å². The van der Waals surface area contributed by atoms with Gasteiger partial charge in [0.2, 0.25) is 0 Å². The fraction of sp³-hybridized carbons (Fsp3) is 0.217. The smallest absolute Gasteiger partial charge is 0.254 e. The molecule has 0 aliphatic carbocycles. The van der Waals surface area contributed by atoms with E-state index in [0.717, 1.165) is 42.0 Å². The zero-order valence-corrected chi connectivity index (χ0v) is 15.9. The minimum absolute atomic E-state index is 0.106. The summed E-state index contributed by atoms with van der Waals surface area (Å²) >= 11 is 1.66. The molecule has 4 heteroatoms. The van der Waals surface area contributed by atoms with Crippen molar-refractivity contribution in [2.24, 2.45) is 0 Å². The summed E-state index contributed by atoms with van der Waals surface area (Å²) in [6, 6.07) is 24.1. The van der Waals surface area contributed by atoms with Crippen molar-refractivity contribution in [1.29, 1.82) is 0 Å². The monoisotopic (exact) mass is 374 g/mol. The number of nitrogens with zero attached hydrogens (tertiary/aromatic N) is 2. The summed E-state index contributed by atoms with van der Waals surface area (Å²) in [4.78, 5) is 20.8. The predicted molar refractivity (Wildman–Crippen MR) is 109 cm³/mol. The van der Waals surface area contributed by atoms with Gasteiger partial charge < -0.3 is 4.90 Å². The van der Waals surface area contributed by atoms with Crippen molar-refractivity contribution < 1.29 is 4.79 Å². The first-order valence-electron chi connectivity index (χ1n) is 9.36. The molecular weight excluding hydrogens is 352 g/mol. The van der Waals surface area contributed by atoms with Gasteiger partial charge in [-0.15, -0.1) is 0 Å². The summed E-state index contributed by atoms with van der Waals surface area (Å²) in [7, 11) is 0. The number of pyridine rings is 1. The van der Waals surface area contributed by atoms with Gasteiger partial charge in [0, 0.05) is 23.2 Å². The summed E-state index contributed by atoms with van der Waals surface area (Å²) in [6.45, 7) is 0.804. The third kappa shape index (κ3) is 4.22. The Labute approximate surface area is 164 Å². The summed E-state index contributed by atoms with van der Waals surface area (Å²) in [5.74, 6) is 0.114. The van der Waals surface area contributed by atoms with Gasteiger partial charge in [-0.2, -0.15) is 0 Å². The second-order valence-corrected chi connectivity index (χ2v) is 7.81. The first-order valence-corrected chi connectivity index (χ1v) is 10.2. The van der Waals surface area contributed by atoms with E-state index in [4.69, 9.17) is 0 Å². The molecule has 1 saturated heterocycles. The van der Waals surface area contributed by atoms with Gasteiger partial charge in [0.15, 0.2) is 0 Å². The number of carbonyl (C=O) groups is 1. The molecule has 1 aliphatic rings. The van der Waals surface area contributed by atoms with Crippen LogP contribution in [-0.2, 0) is 0 Å². The molecule has 0 N–H and O–H groups in total. The van der Waals surface area contributed by atoms with Crippen LogP contribution in [0, 0.1) is 0 Å². The van der Waals surface area contributed by atoms with Crippen molar-refractivity contribution in [3.63, 3.8) is 0 Å². The molecule has 1 aromatic heterocycles. The van der Waals surface area contributed by atoms with E-state index in [2.05, 4.69) is 29.2 Å². The van der Waals surface area contributed by atoms with Gasteiger partial charge in [-0.1, -0.05) is 54.2 Å². The normalized spacial score (nSPS) is 16.9. The zero-order valence-electron chi connectivity index (χ0n) is 15.1. The molecule has 0 bridgehead atoms. The molecule has 0 radical (unpaired) electrons. The van der Waals surface area contributed by atoms with Gasteiger partial charge in [-0.3, -0.25) is 4.79 Å². The van der Waals surface area contributed by atoms with E-state index in [1.54, 1.807) is 11.8 Å². The van der Waals surface area contributed by atoms with Crippen molar-refractivity contribution in [3.8, 4) is 0 Å². The third-order valence-electron chi connectivity index (χ3n) is 4.89. The molecule has 0 saturated carbocycles. The molecular formula is C23H22N2OS. The largest absolute Gasteiger partial charge is 0.332 e. The highest BCUT2D eigenvalue weighted by molar-refractivity contribution is 7.99. The van der Waals surface area contributed by atoms with Crippen molar-refractivity contribution in [2.45, 2.75) is 35.2 Å². The molecule has 3 nitrogen and oxygen atoms in total. The van der Waals surface area contributed by atoms with Crippen LogP contribution in [-0.4, -0.2) is 22.3 Å². The lowest BCUT2D eigenvalue weighted by Crippen LogP contribution is -2.38. The number of benzene rings is 2. The Hall–Kier alpha value is -2.59. The number of rotatable bonds is 4. The maximum atomic E-state index is 13.0. The first-order chi connectivity index (χ1) is 13.3. The second kappa shape index (κ2) is 8.40. The summed E-state index contributed by atoms with van der Waals surface area (Å²) < 4.78 is 0. The fourth-order valence-electron chi connectivity index (χ4n) is 3.53. The van der Waals surface area contributed by atoms with Crippen molar-refractivity contribution in [1.82, 2.24) is 9.88 Å². The highest BCUT2D eigenvalue weighted by Gasteiger charge is 2.28. The quantitative estimate of drug-likeness (QED) is 0.596. The SMILES string of the molecule is O=C(c1ccccc1)N1CCCCC1c1ccc(Sc2ccccc2)nc1. The second-order valence-electron chi connectivity index (χ2n) is 6.72. The maximum Gasteiger partial charge on any atom is 0.254 e. The van der Waals surface area contributed by atoms with Crippen LogP contribution >= 0.6 is 11.8 Å². The third-order valence-corrected chi connectivity index (χ3v) is 5.85. The van der Waals surface area contributed by atoms with Gasteiger partial charge >= 0.3 is 0 Å².